The molecule has 1 aliphatic heterocycles. The second-order valence-corrected chi connectivity index (χ2v) is 8.74. The maximum absolute atomic E-state index is 13.4. The number of halogens is 1. The lowest BCUT2D eigenvalue weighted by molar-refractivity contribution is -0.131. The van der Waals surface area contributed by atoms with Crippen molar-refractivity contribution in [2.75, 3.05) is 0 Å². The van der Waals surface area contributed by atoms with E-state index in [1.807, 2.05) is 23.1 Å². The van der Waals surface area contributed by atoms with Gasteiger partial charge in [-0.05, 0) is 41.2 Å². The van der Waals surface area contributed by atoms with E-state index in [1.165, 1.54) is 0 Å². The van der Waals surface area contributed by atoms with Crippen molar-refractivity contribution < 1.29 is 4.79 Å². The van der Waals surface area contributed by atoms with Crippen molar-refractivity contribution in [3.63, 3.8) is 0 Å². The van der Waals surface area contributed by atoms with Crippen molar-refractivity contribution in [2.45, 2.75) is 64.0 Å². The zero-order valence-electron chi connectivity index (χ0n) is 18.8. The van der Waals surface area contributed by atoms with Crippen LogP contribution in [-0.4, -0.2) is 42.8 Å². The minimum absolute atomic E-state index is 0. The predicted octanol–water partition coefficient (Wildman–Crippen LogP) is 5.36. The molecule has 2 aromatic carbocycles. The van der Waals surface area contributed by atoms with E-state index >= 15 is 0 Å². The summed E-state index contributed by atoms with van der Waals surface area (Å²) >= 11 is 0. The van der Waals surface area contributed by atoms with E-state index in [1.54, 1.807) is 0 Å². The Morgan fingerprint density at radius 2 is 1.76 bits per heavy atom. The average molecular weight is 509 g/mol. The molecular weight excluding hydrogens is 480 g/mol. The number of nitrogens with one attached hydrogen (secondary N) is 1. The molecule has 0 unspecified atom stereocenters. The summed E-state index contributed by atoms with van der Waals surface area (Å²) in [5.41, 5.74) is 3.69. The SMILES string of the molecule is Br.CCCCC1=NC2(CCCC2)C(=O)N1Cc1ccc(-c2ccccc2-c2nn[nH]n2)cc1. The summed E-state index contributed by atoms with van der Waals surface area (Å²) in [4.78, 5) is 20.3. The Balaban J connectivity index is 0.00000259. The molecular formula is C25H29BrN6O. The van der Waals surface area contributed by atoms with Crippen LogP contribution in [-0.2, 0) is 11.3 Å². The van der Waals surface area contributed by atoms with E-state index in [4.69, 9.17) is 4.99 Å². The van der Waals surface area contributed by atoms with Gasteiger partial charge in [0.25, 0.3) is 5.91 Å². The number of unbranched alkanes of at least 4 members (excludes halogenated alkanes) is 1. The molecule has 8 heteroatoms. The molecule has 2 heterocycles. The van der Waals surface area contributed by atoms with Crippen LogP contribution >= 0.6 is 17.0 Å². The Labute approximate surface area is 204 Å². The molecule has 2 aliphatic rings. The molecule has 1 N–H and O–H groups in total. The lowest BCUT2D eigenvalue weighted by Gasteiger charge is -2.23. The van der Waals surface area contributed by atoms with Gasteiger partial charge >= 0.3 is 0 Å². The molecule has 3 aromatic rings. The molecule has 172 valence electrons. The zero-order valence-corrected chi connectivity index (χ0v) is 20.5. The number of amides is 1. The quantitative estimate of drug-likeness (QED) is 0.465. The van der Waals surface area contributed by atoms with Gasteiger partial charge in [-0.3, -0.25) is 14.7 Å². The number of benzene rings is 2. The molecule has 1 aliphatic carbocycles. The summed E-state index contributed by atoms with van der Waals surface area (Å²) in [5, 5.41) is 14.5. The summed E-state index contributed by atoms with van der Waals surface area (Å²) in [6.45, 7) is 2.76. The van der Waals surface area contributed by atoms with Gasteiger partial charge < -0.3 is 0 Å². The van der Waals surface area contributed by atoms with E-state index in [0.717, 1.165) is 73.0 Å². The minimum Gasteiger partial charge on any atom is -0.294 e. The van der Waals surface area contributed by atoms with Crippen LogP contribution < -0.4 is 0 Å². The second kappa shape index (κ2) is 9.95. The van der Waals surface area contributed by atoms with Crippen LogP contribution in [0.25, 0.3) is 22.5 Å². The fourth-order valence-corrected chi connectivity index (χ4v) is 4.88. The fraction of sp³-hybridized carbons (Fsp3) is 0.400. The number of carbonyl (C=O) groups excluding carboxylic acids is 1. The maximum Gasteiger partial charge on any atom is 0.256 e. The first kappa shape index (κ1) is 23.3. The van der Waals surface area contributed by atoms with Crippen LogP contribution in [0.4, 0.5) is 0 Å². The smallest absolute Gasteiger partial charge is 0.256 e. The molecule has 7 nitrogen and oxygen atoms in total. The molecule has 1 saturated carbocycles. The van der Waals surface area contributed by atoms with Crippen molar-refractivity contribution >= 4 is 28.7 Å². The van der Waals surface area contributed by atoms with E-state index < -0.39 is 5.54 Å². The summed E-state index contributed by atoms with van der Waals surface area (Å²) < 4.78 is 0. The Hall–Kier alpha value is -2.87. The molecule has 0 saturated heterocycles. The van der Waals surface area contributed by atoms with Gasteiger partial charge in [0.1, 0.15) is 11.4 Å². The second-order valence-electron chi connectivity index (χ2n) is 8.74. The Bertz CT molecular complexity index is 1120. The average Bonchev–Trinajstić information content (AvgIpc) is 3.58. The topological polar surface area (TPSA) is 87.1 Å². The highest BCUT2D eigenvalue weighted by Gasteiger charge is 2.49. The number of nitrogens with zero attached hydrogens (tertiary/aromatic N) is 5. The van der Waals surface area contributed by atoms with Crippen LogP contribution in [0.1, 0.15) is 57.4 Å². The number of hydrogen-bond donors (Lipinski definition) is 1. The first-order valence-electron chi connectivity index (χ1n) is 11.5. The fourth-order valence-electron chi connectivity index (χ4n) is 4.88. The van der Waals surface area contributed by atoms with Crippen LogP contribution in [0.3, 0.4) is 0 Å². The summed E-state index contributed by atoms with van der Waals surface area (Å²) in [5.74, 6) is 1.75. The van der Waals surface area contributed by atoms with E-state index in [2.05, 4.69) is 57.9 Å². The van der Waals surface area contributed by atoms with Gasteiger partial charge in [-0.15, -0.1) is 27.2 Å². The number of aromatic amines is 1. The van der Waals surface area contributed by atoms with Crippen molar-refractivity contribution in [3.05, 3.63) is 54.1 Å². The number of H-pyrrole nitrogens is 1. The van der Waals surface area contributed by atoms with Gasteiger partial charge in [-0.1, -0.05) is 74.7 Å². The van der Waals surface area contributed by atoms with Crippen LogP contribution in [0, 0.1) is 0 Å². The third-order valence-corrected chi connectivity index (χ3v) is 6.60. The molecule has 33 heavy (non-hydrogen) atoms. The first-order valence-corrected chi connectivity index (χ1v) is 11.5. The largest absolute Gasteiger partial charge is 0.294 e. The lowest BCUT2D eigenvalue weighted by atomic mass is 9.97. The highest BCUT2D eigenvalue weighted by Crippen LogP contribution is 2.40. The van der Waals surface area contributed by atoms with Crippen molar-refractivity contribution in [1.82, 2.24) is 25.5 Å². The molecule has 0 atom stereocenters. The first-order chi connectivity index (χ1) is 15.7. The standard InChI is InChI=1S/C25H28N6O.BrH/c1-2-3-10-22-26-25(15-6-7-16-25)24(32)31(22)17-18-11-13-19(14-12-18)20-8-4-5-9-21(20)23-27-29-30-28-23;/h4-5,8-9,11-14H,2-3,6-7,10,15-17H2,1H3,(H,27,28,29,30);1H. The number of aromatic nitrogens is 4. The third-order valence-electron chi connectivity index (χ3n) is 6.60. The van der Waals surface area contributed by atoms with E-state index in [0.29, 0.717) is 12.4 Å². The van der Waals surface area contributed by atoms with Gasteiger partial charge in [0.05, 0.1) is 6.54 Å². The van der Waals surface area contributed by atoms with Gasteiger partial charge in [-0.2, -0.15) is 5.21 Å². The van der Waals surface area contributed by atoms with Crippen molar-refractivity contribution in [2.24, 2.45) is 4.99 Å². The normalized spacial score (nSPS) is 16.8. The number of tetrazole rings is 1. The summed E-state index contributed by atoms with van der Waals surface area (Å²) in [7, 11) is 0. The van der Waals surface area contributed by atoms with Crippen LogP contribution in [0.5, 0.6) is 0 Å². The highest BCUT2D eigenvalue weighted by molar-refractivity contribution is 8.93. The molecule has 1 fully saturated rings. The molecule has 1 amide bonds. The number of aliphatic imine (C=N–C) groups is 1. The van der Waals surface area contributed by atoms with Gasteiger partial charge in [0.2, 0.25) is 5.82 Å². The Kier molecular flexibility index (Phi) is 7.02. The third kappa shape index (κ3) is 4.49. The minimum atomic E-state index is -0.480. The Morgan fingerprint density at radius 1 is 1.03 bits per heavy atom. The number of amidine groups is 1. The van der Waals surface area contributed by atoms with Crippen LogP contribution in [0.2, 0.25) is 0 Å². The number of carbonyl (C=O) groups is 1. The molecule has 5 rings (SSSR count). The van der Waals surface area contributed by atoms with E-state index in [-0.39, 0.29) is 22.9 Å². The predicted molar refractivity (Wildman–Crippen MR) is 134 cm³/mol. The zero-order chi connectivity index (χ0) is 22.0. The van der Waals surface area contributed by atoms with Gasteiger partial charge in [0.15, 0.2) is 0 Å². The highest BCUT2D eigenvalue weighted by atomic mass is 79.9. The van der Waals surface area contributed by atoms with E-state index in [9.17, 15) is 4.79 Å². The Morgan fingerprint density at radius 3 is 2.42 bits per heavy atom. The van der Waals surface area contributed by atoms with Crippen molar-refractivity contribution in [1.29, 1.82) is 0 Å². The molecule has 0 radical (unpaired) electrons. The molecule has 1 spiro atoms. The number of rotatable bonds is 7. The maximum atomic E-state index is 13.4. The monoisotopic (exact) mass is 508 g/mol. The summed E-state index contributed by atoms with van der Waals surface area (Å²) in [6, 6.07) is 16.4. The summed E-state index contributed by atoms with van der Waals surface area (Å²) in [6.07, 6.45) is 7.01. The van der Waals surface area contributed by atoms with Crippen molar-refractivity contribution in [3.8, 4) is 22.5 Å². The van der Waals surface area contributed by atoms with Gasteiger partial charge in [0, 0.05) is 12.0 Å². The van der Waals surface area contributed by atoms with Gasteiger partial charge in [-0.25, -0.2) is 0 Å². The van der Waals surface area contributed by atoms with Crippen LogP contribution in [0.15, 0.2) is 53.5 Å². The molecule has 0 bridgehead atoms. The lowest BCUT2D eigenvalue weighted by Crippen LogP contribution is -2.40. The number of hydrogen-bond acceptors (Lipinski definition) is 5. The molecule has 1 aromatic heterocycles.